The highest BCUT2D eigenvalue weighted by Crippen LogP contribution is 2.14. The van der Waals surface area contributed by atoms with Crippen LogP contribution in [0.5, 0.6) is 0 Å². The number of H-pyrrole nitrogens is 1. The Morgan fingerprint density at radius 3 is 3.08 bits per heavy atom. The molecule has 64 valence electrons. The summed E-state index contributed by atoms with van der Waals surface area (Å²) in [6.07, 6.45) is 3.37. The topological polar surface area (TPSA) is 39.6 Å². The van der Waals surface area contributed by atoms with Crippen LogP contribution in [0.25, 0.3) is 10.9 Å². The number of aromatic amines is 1. The largest absolute Gasteiger partial charge is 0.361 e. The molecule has 0 spiro atoms. The summed E-state index contributed by atoms with van der Waals surface area (Å²) in [6, 6.07) is 10.4. The molecule has 1 heterocycles. The van der Waals surface area contributed by atoms with E-state index in [1.165, 1.54) is 10.9 Å². The minimum atomic E-state index is 0.593. The molecule has 0 amide bonds. The van der Waals surface area contributed by atoms with Gasteiger partial charge in [-0.15, -0.1) is 0 Å². The van der Waals surface area contributed by atoms with Crippen LogP contribution < -0.4 is 0 Å². The Kier molecular flexibility index (Phi) is 2.01. The molecule has 2 heteroatoms. The molecule has 0 aliphatic rings. The van der Waals surface area contributed by atoms with Crippen LogP contribution in [0.4, 0.5) is 0 Å². The van der Waals surface area contributed by atoms with Gasteiger partial charge < -0.3 is 4.98 Å². The average Bonchev–Trinajstić information content (AvgIpc) is 2.61. The summed E-state index contributed by atoms with van der Waals surface area (Å²) in [4.78, 5) is 3.14. The van der Waals surface area contributed by atoms with E-state index < -0.39 is 0 Å². The quantitative estimate of drug-likeness (QED) is 0.739. The third kappa shape index (κ3) is 1.54. The maximum atomic E-state index is 8.44. The summed E-state index contributed by atoms with van der Waals surface area (Å²) in [6.45, 7) is 0. The smallest absolute Gasteiger partial charge is 0.0625 e. The van der Waals surface area contributed by atoms with Gasteiger partial charge in [0.1, 0.15) is 0 Å². The maximum absolute atomic E-state index is 8.44. The molecule has 1 N–H and O–H groups in total. The standard InChI is InChI=1S/C11H10N2/c12-6-1-2-9-3-4-11-10(8-9)5-7-13-11/h3-5,7-8,13H,1-2H2. The SMILES string of the molecule is N#CCCc1ccc2[nH]ccc2c1. The van der Waals surface area contributed by atoms with E-state index >= 15 is 0 Å². The zero-order valence-corrected chi connectivity index (χ0v) is 7.25. The molecule has 0 radical (unpaired) electrons. The molecular weight excluding hydrogens is 160 g/mol. The molecule has 2 nitrogen and oxygen atoms in total. The van der Waals surface area contributed by atoms with E-state index in [2.05, 4.69) is 29.3 Å². The molecule has 2 aromatic rings. The van der Waals surface area contributed by atoms with Crippen molar-refractivity contribution in [3.8, 4) is 6.07 Å². The van der Waals surface area contributed by atoms with E-state index in [0.29, 0.717) is 6.42 Å². The second-order valence-electron chi connectivity index (χ2n) is 3.06. The van der Waals surface area contributed by atoms with Crippen LogP contribution in [0.3, 0.4) is 0 Å². The molecular formula is C11H10N2. The van der Waals surface area contributed by atoms with Crippen molar-refractivity contribution in [1.82, 2.24) is 4.98 Å². The van der Waals surface area contributed by atoms with Gasteiger partial charge in [0.2, 0.25) is 0 Å². The Morgan fingerprint density at radius 1 is 1.31 bits per heavy atom. The zero-order valence-electron chi connectivity index (χ0n) is 7.25. The molecule has 0 aliphatic carbocycles. The Labute approximate surface area is 76.8 Å². The average molecular weight is 170 g/mol. The van der Waals surface area contributed by atoms with E-state index in [4.69, 9.17) is 5.26 Å². The molecule has 1 aromatic heterocycles. The molecule has 0 fully saturated rings. The number of hydrogen-bond acceptors (Lipinski definition) is 1. The number of fused-ring (bicyclic) bond motifs is 1. The summed E-state index contributed by atoms with van der Waals surface area (Å²) in [5.41, 5.74) is 2.38. The Morgan fingerprint density at radius 2 is 2.23 bits per heavy atom. The van der Waals surface area contributed by atoms with Gasteiger partial charge in [0, 0.05) is 18.1 Å². The van der Waals surface area contributed by atoms with Gasteiger partial charge in [-0.3, -0.25) is 0 Å². The summed E-state index contributed by atoms with van der Waals surface area (Å²) >= 11 is 0. The fourth-order valence-electron chi connectivity index (χ4n) is 1.46. The number of nitrogens with one attached hydrogen (secondary N) is 1. The van der Waals surface area contributed by atoms with Crippen molar-refractivity contribution in [3.63, 3.8) is 0 Å². The second kappa shape index (κ2) is 3.32. The first-order valence-corrected chi connectivity index (χ1v) is 4.33. The molecule has 0 unspecified atom stereocenters. The van der Waals surface area contributed by atoms with Gasteiger partial charge in [-0.1, -0.05) is 6.07 Å². The molecule has 0 aliphatic heterocycles. The van der Waals surface area contributed by atoms with Crippen molar-refractivity contribution in [1.29, 1.82) is 5.26 Å². The highest BCUT2D eigenvalue weighted by Gasteiger charge is 1.96. The number of benzene rings is 1. The van der Waals surface area contributed by atoms with Gasteiger partial charge in [0.15, 0.2) is 0 Å². The molecule has 0 saturated carbocycles. The highest BCUT2D eigenvalue weighted by molar-refractivity contribution is 5.79. The van der Waals surface area contributed by atoms with E-state index in [-0.39, 0.29) is 0 Å². The fraction of sp³-hybridized carbons (Fsp3) is 0.182. The first kappa shape index (κ1) is 7.88. The summed E-state index contributed by atoms with van der Waals surface area (Å²) in [5.74, 6) is 0. The van der Waals surface area contributed by atoms with Crippen molar-refractivity contribution >= 4 is 10.9 Å². The lowest BCUT2D eigenvalue weighted by atomic mass is 10.1. The lowest BCUT2D eigenvalue weighted by Crippen LogP contribution is -1.82. The molecule has 2 rings (SSSR count). The van der Waals surface area contributed by atoms with Crippen molar-refractivity contribution in [2.45, 2.75) is 12.8 Å². The first-order chi connectivity index (χ1) is 6.40. The number of aryl methyl sites for hydroxylation is 1. The van der Waals surface area contributed by atoms with Crippen molar-refractivity contribution < 1.29 is 0 Å². The minimum absolute atomic E-state index is 0.593. The predicted molar refractivity (Wildman–Crippen MR) is 52.2 cm³/mol. The monoisotopic (exact) mass is 170 g/mol. The van der Waals surface area contributed by atoms with Gasteiger partial charge in [0.25, 0.3) is 0 Å². The van der Waals surface area contributed by atoms with Crippen LogP contribution in [0.2, 0.25) is 0 Å². The van der Waals surface area contributed by atoms with E-state index in [9.17, 15) is 0 Å². The normalized spacial score (nSPS) is 10.1. The van der Waals surface area contributed by atoms with Crippen LogP contribution >= 0.6 is 0 Å². The minimum Gasteiger partial charge on any atom is -0.361 e. The van der Waals surface area contributed by atoms with Crippen LogP contribution in [-0.2, 0) is 6.42 Å². The summed E-state index contributed by atoms with van der Waals surface area (Å²) in [5, 5.41) is 9.66. The Hall–Kier alpha value is -1.75. The third-order valence-electron chi connectivity index (χ3n) is 2.14. The summed E-state index contributed by atoms with van der Waals surface area (Å²) in [7, 11) is 0. The van der Waals surface area contributed by atoms with E-state index in [1.54, 1.807) is 0 Å². The van der Waals surface area contributed by atoms with Crippen LogP contribution in [0.15, 0.2) is 30.5 Å². The summed E-state index contributed by atoms with van der Waals surface area (Å²) < 4.78 is 0. The van der Waals surface area contributed by atoms with Crippen molar-refractivity contribution in [2.75, 3.05) is 0 Å². The molecule has 0 saturated heterocycles. The molecule has 1 aromatic carbocycles. The lowest BCUT2D eigenvalue weighted by molar-refractivity contribution is 1.01. The van der Waals surface area contributed by atoms with Gasteiger partial charge >= 0.3 is 0 Å². The van der Waals surface area contributed by atoms with Crippen LogP contribution in [0.1, 0.15) is 12.0 Å². The fourth-order valence-corrected chi connectivity index (χ4v) is 1.46. The number of nitrogens with zero attached hydrogens (tertiary/aromatic N) is 1. The van der Waals surface area contributed by atoms with E-state index in [0.717, 1.165) is 11.9 Å². The van der Waals surface area contributed by atoms with Gasteiger partial charge in [-0.05, 0) is 35.6 Å². The van der Waals surface area contributed by atoms with Crippen LogP contribution in [-0.4, -0.2) is 4.98 Å². The van der Waals surface area contributed by atoms with Crippen LogP contribution in [0, 0.1) is 11.3 Å². The molecule has 0 bridgehead atoms. The van der Waals surface area contributed by atoms with Gasteiger partial charge in [-0.25, -0.2) is 0 Å². The van der Waals surface area contributed by atoms with Crippen molar-refractivity contribution in [2.24, 2.45) is 0 Å². The van der Waals surface area contributed by atoms with E-state index in [1.807, 2.05) is 12.3 Å². The highest BCUT2D eigenvalue weighted by atomic mass is 14.7. The lowest BCUT2D eigenvalue weighted by Gasteiger charge is -1.96. The molecule has 13 heavy (non-hydrogen) atoms. The number of hydrogen-bond donors (Lipinski definition) is 1. The molecule has 0 atom stereocenters. The maximum Gasteiger partial charge on any atom is 0.0625 e. The van der Waals surface area contributed by atoms with Crippen molar-refractivity contribution in [3.05, 3.63) is 36.0 Å². The third-order valence-corrected chi connectivity index (χ3v) is 2.14. The van der Waals surface area contributed by atoms with Gasteiger partial charge in [-0.2, -0.15) is 5.26 Å². The number of aromatic nitrogens is 1. The predicted octanol–water partition coefficient (Wildman–Crippen LogP) is 2.62. The Balaban J connectivity index is 2.33. The number of rotatable bonds is 2. The van der Waals surface area contributed by atoms with Gasteiger partial charge in [0.05, 0.1) is 6.07 Å². The number of nitriles is 1. The Bertz CT molecular complexity index is 448. The zero-order chi connectivity index (χ0) is 9.10. The first-order valence-electron chi connectivity index (χ1n) is 4.33. The second-order valence-corrected chi connectivity index (χ2v) is 3.06.